The van der Waals surface area contributed by atoms with Gasteiger partial charge in [-0.15, -0.1) is 0 Å². The average molecular weight is 301 g/mol. The molecule has 0 unspecified atom stereocenters. The van der Waals surface area contributed by atoms with Crippen LogP contribution in [0.3, 0.4) is 0 Å². The molecule has 2 rings (SSSR count). The van der Waals surface area contributed by atoms with Crippen molar-refractivity contribution in [1.29, 1.82) is 5.26 Å². The minimum atomic E-state index is -3.75. The van der Waals surface area contributed by atoms with Gasteiger partial charge in [0.15, 0.2) is 0 Å². The Hall–Kier alpha value is -2.52. The van der Waals surface area contributed by atoms with Crippen LogP contribution >= 0.6 is 0 Å². The summed E-state index contributed by atoms with van der Waals surface area (Å²) in [5.74, 6) is 0. The van der Waals surface area contributed by atoms with Gasteiger partial charge in [-0.2, -0.15) is 5.26 Å². The number of anilines is 2. The molecular formula is C15H15N3O2S. The zero-order valence-electron chi connectivity index (χ0n) is 11.7. The molecule has 0 aliphatic carbocycles. The SMILES string of the molecule is Cc1ccc(C#N)cc1S(=O)(=O)N(C)c1cccc(N)c1. The van der Waals surface area contributed by atoms with E-state index in [2.05, 4.69) is 0 Å². The monoisotopic (exact) mass is 301 g/mol. The van der Waals surface area contributed by atoms with Gasteiger partial charge in [0, 0.05) is 12.7 Å². The summed E-state index contributed by atoms with van der Waals surface area (Å²) in [5, 5.41) is 8.94. The molecule has 0 radical (unpaired) electrons. The van der Waals surface area contributed by atoms with Crippen LogP contribution in [-0.4, -0.2) is 15.5 Å². The Morgan fingerprint density at radius 1 is 1.19 bits per heavy atom. The summed E-state index contributed by atoms with van der Waals surface area (Å²) >= 11 is 0. The summed E-state index contributed by atoms with van der Waals surface area (Å²) in [4.78, 5) is 0.117. The molecule has 0 fully saturated rings. The van der Waals surface area contributed by atoms with Gasteiger partial charge in [0.2, 0.25) is 0 Å². The Kier molecular flexibility index (Phi) is 3.87. The Labute approximate surface area is 124 Å². The number of nitrogens with two attached hydrogens (primary N) is 1. The topological polar surface area (TPSA) is 87.2 Å². The van der Waals surface area contributed by atoms with E-state index in [0.717, 1.165) is 4.31 Å². The van der Waals surface area contributed by atoms with Gasteiger partial charge in [-0.05, 0) is 42.8 Å². The van der Waals surface area contributed by atoms with Crippen LogP contribution in [0.1, 0.15) is 11.1 Å². The molecule has 108 valence electrons. The fourth-order valence-corrected chi connectivity index (χ4v) is 3.39. The number of nitriles is 1. The first kappa shape index (κ1) is 14.9. The van der Waals surface area contributed by atoms with Crippen LogP contribution in [0.5, 0.6) is 0 Å². The molecule has 0 saturated heterocycles. The largest absolute Gasteiger partial charge is 0.399 e. The Bertz CT molecular complexity index is 823. The predicted octanol–water partition coefficient (Wildman–Crippen LogP) is 2.27. The Morgan fingerprint density at radius 3 is 2.52 bits per heavy atom. The van der Waals surface area contributed by atoms with E-state index < -0.39 is 10.0 Å². The van der Waals surface area contributed by atoms with Gasteiger partial charge in [0.25, 0.3) is 10.0 Å². The van der Waals surface area contributed by atoms with E-state index in [4.69, 9.17) is 11.0 Å². The number of hydrogen-bond donors (Lipinski definition) is 1. The van der Waals surface area contributed by atoms with Crippen molar-refractivity contribution in [2.24, 2.45) is 0 Å². The van der Waals surface area contributed by atoms with E-state index in [1.165, 1.54) is 13.1 Å². The van der Waals surface area contributed by atoms with E-state index in [-0.39, 0.29) is 4.90 Å². The third-order valence-electron chi connectivity index (χ3n) is 3.19. The second kappa shape index (κ2) is 5.46. The number of nitrogen functional groups attached to an aromatic ring is 1. The standard InChI is InChI=1S/C15H15N3O2S/c1-11-6-7-12(10-16)8-15(11)21(19,20)18(2)14-5-3-4-13(17)9-14/h3-9H,17H2,1-2H3. The molecule has 2 aromatic rings. The summed E-state index contributed by atoms with van der Waals surface area (Å²) in [6.45, 7) is 1.70. The van der Waals surface area contributed by atoms with Crippen LogP contribution in [0, 0.1) is 18.3 Å². The Morgan fingerprint density at radius 2 is 1.90 bits per heavy atom. The quantitative estimate of drug-likeness (QED) is 0.881. The first-order chi connectivity index (χ1) is 9.86. The summed E-state index contributed by atoms with van der Waals surface area (Å²) < 4.78 is 26.6. The number of benzene rings is 2. The highest BCUT2D eigenvalue weighted by molar-refractivity contribution is 7.92. The molecule has 6 heteroatoms. The maximum Gasteiger partial charge on any atom is 0.264 e. The van der Waals surface area contributed by atoms with Gasteiger partial charge in [-0.3, -0.25) is 4.31 Å². The van der Waals surface area contributed by atoms with Crippen LogP contribution in [-0.2, 0) is 10.0 Å². The first-order valence-electron chi connectivity index (χ1n) is 6.21. The van der Waals surface area contributed by atoms with E-state index >= 15 is 0 Å². The summed E-state index contributed by atoms with van der Waals surface area (Å²) in [5.41, 5.74) is 7.54. The smallest absolute Gasteiger partial charge is 0.264 e. The molecule has 5 nitrogen and oxygen atoms in total. The summed E-state index contributed by atoms with van der Waals surface area (Å²) in [6, 6.07) is 13.2. The molecule has 0 aliphatic heterocycles. The number of hydrogen-bond acceptors (Lipinski definition) is 4. The first-order valence-corrected chi connectivity index (χ1v) is 7.65. The minimum absolute atomic E-state index is 0.117. The van der Waals surface area contributed by atoms with E-state index in [1.807, 2.05) is 6.07 Å². The fraction of sp³-hybridized carbons (Fsp3) is 0.133. The molecule has 0 heterocycles. The van der Waals surface area contributed by atoms with Gasteiger partial charge < -0.3 is 5.73 Å². The maximum atomic E-state index is 12.7. The molecule has 0 aromatic heterocycles. The highest BCUT2D eigenvalue weighted by Gasteiger charge is 2.23. The Balaban J connectivity index is 2.54. The highest BCUT2D eigenvalue weighted by Crippen LogP contribution is 2.26. The van der Waals surface area contributed by atoms with Crippen LogP contribution in [0.25, 0.3) is 0 Å². The molecule has 0 amide bonds. The molecule has 0 atom stereocenters. The van der Waals surface area contributed by atoms with Crippen LogP contribution in [0.15, 0.2) is 47.4 Å². The van der Waals surface area contributed by atoms with Crippen molar-refractivity contribution in [3.05, 3.63) is 53.6 Å². The molecule has 2 N–H and O–H groups in total. The average Bonchev–Trinajstić information content (AvgIpc) is 2.46. The van der Waals surface area contributed by atoms with Crippen molar-refractivity contribution in [2.45, 2.75) is 11.8 Å². The van der Waals surface area contributed by atoms with Crippen LogP contribution in [0.2, 0.25) is 0 Å². The second-order valence-corrected chi connectivity index (χ2v) is 6.60. The van der Waals surface area contributed by atoms with E-state index in [9.17, 15) is 8.42 Å². The third-order valence-corrected chi connectivity index (χ3v) is 5.12. The van der Waals surface area contributed by atoms with E-state index in [0.29, 0.717) is 22.5 Å². The predicted molar refractivity (Wildman–Crippen MR) is 82.3 cm³/mol. The van der Waals surface area contributed by atoms with Gasteiger partial charge >= 0.3 is 0 Å². The molecule has 0 bridgehead atoms. The van der Waals surface area contributed by atoms with Crippen molar-refractivity contribution >= 4 is 21.4 Å². The lowest BCUT2D eigenvalue weighted by Gasteiger charge is -2.21. The molecule has 0 spiro atoms. The second-order valence-electron chi connectivity index (χ2n) is 4.66. The molecule has 0 aliphatic rings. The number of sulfonamides is 1. The van der Waals surface area contributed by atoms with Gasteiger partial charge in [0.05, 0.1) is 22.2 Å². The summed E-state index contributed by atoms with van der Waals surface area (Å²) in [7, 11) is -2.28. The minimum Gasteiger partial charge on any atom is -0.399 e. The number of aryl methyl sites for hydroxylation is 1. The fourth-order valence-electron chi connectivity index (χ4n) is 1.95. The van der Waals surface area contributed by atoms with Gasteiger partial charge in [-0.25, -0.2) is 8.42 Å². The third kappa shape index (κ3) is 2.83. The zero-order chi connectivity index (χ0) is 15.6. The lowest BCUT2D eigenvalue weighted by atomic mass is 10.2. The molecule has 21 heavy (non-hydrogen) atoms. The van der Waals surface area contributed by atoms with E-state index in [1.54, 1.807) is 43.3 Å². The lowest BCUT2D eigenvalue weighted by molar-refractivity contribution is 0.594. The van der Waals surface area contributed by atoms with Crippen LogP contribution < -0.4 is 10.0 Å². The number of nitrogens with zero attached hydrogens (tertiary/aromatic N) is 2. The van der Waals surface area contributed by atoms with Gasteiger partial charge in [0.1, 0.15) is 0 Å². The molecular weight excluding hydrogens is 286 g/mol. The van der Waals surface area contributed by atoms with Crippen molar-refractivity contribution in [3.8, 4) is 6.07 Å². The molecule has 0 saturated carbocycles. The maximum absolute atomic E-state index is 12.7. The number of rotatable bonds is 3. The highest BCUT2D eigenvalue weighted by atomic mass is 32.2. The van der Waals surface area contributed by atoms with Crippen molar-refractivity contribution in [3.63, 3.8) is 0 Å². The lowest BCUT2D eigenvalue weighted by Crippen LogP contribution is -2.27. The van der Waals surface area contributed by atoms with Crippen molar-refractivity contribution < 1.29 is 8.42 Å². The van der Waals surface area contributed by atoms with Crippen molar-refractivity contribution in [1.82, 2.24) is 0 Å². The normalized spacial score (nSPS) is 10.9. The van der Waals surface area contributed by atoms with Gasteiger partial charge in [-0.1, -0.05) is 12.1 Å². The van der Waals surface area contributed by atoms with Crippen molar-refractivity contribution in [2.75, 3.05) is 17.1 Å². The van der Waals surface area contributed by atoms with Crippen LogP contribution in [0.4, 0.5) is 11.4 Å². The molecule has 2 aromatic carbocycles. The summed E-state index contributed by atoms with van der Waals surface area (Å²) in [6.07, 6.45) is 0. The zero-order valence-corrected chi connectivity index (χ0v) is 12.6.